The summed E-state index contributed by atoms with van der Waals surface area (Å²) in [5, 5.41) is 16.6. The van der Waals surface area contributed by atoms with Gasteiger partial charge in [0, 0.05) is 23.9 Å². The van der Waals surface area contributed by atoms with Crippen LogP contribution in [0.25, 0.3) is 0 Å². The van der Waals surface area contributed by atoms with E-state index in [9.17, 15) is 0 Å². The summed E-state index contributed by atoms with van der Waals surface area (Å²) in [6.45, 7) is 2.81. The van der Waals surface area contributed by atoms with Gasteiger partial charge in [0.05, 0.1) is 0 Å². The number of nitrogens with one attached hydrogen (secondary N) is 1. The Morgan fingerprint density at radius 2 is 2.57 bits per heavy atom. The summed E-state index contributed by atoms with van der Waals surface area (Å²) in [7, 11) is 0. The first-order valence-electron chi connectivity index (χ1n) is 4.47. The molecule has 0 fully saturated rings. The molecule has 14 heavy (non-hydrogen) atoms. The lowest BCUT2D eigenvalue weighted by atomic mass is 10.2. The quantitative estimate of drug-likeness (QED) is 0.301. The first-order chi connectivity index (χ1) is 6.74. The molecular weight excluding hydrogens is 198 g/mol. The van der Waals surface area contributed by atoms with Crippen molar-refractivity contribution in [2.75, 3.05) is 6.54 Å². The van der Waals surface area contributed by atoms with Crippen LogP contribution in [-0.4, -0.2) is 17.6 Å². The molecule has 0 amide bonds. The van der Waals surface area contributed by atoms with Crippen molar-refractivity contribution in [1.82, 2.24) is 5.32 Å². The third-order valence-corrected chi connectivity index (χ3v) is 2.99. The highest BCUT2D eigenvalue weighted by atomic mass is 32.1. The predicted octanol–water partition coefficient (Wildman–Crippen LogP) is 1.54. The molecule has 0 aliphatic carbocycles. The zero-order valence-electron chi connectivity index (χ0n) is 8.10. The molecule has 1 atom stereocenters. The van der Waals surface area contributed by atoms with Crippen LogP contribution in [0.15, 0.2) is 22.7 Å². The van der Waals surface area contributed by atoms with Crippen LogP contribution in [0, 0.1) is 0 Å². The van der Waals surface area contributed by atoms with Gasteiger partial charge in [-0.25, -0.2) is 0 Å². The Bertz CT molecular complexity index is 284. The summed E-state index contributed by atoms with van der Waals surface area (Å²) in [5.74, 6) is 0.260. The van der Waals surface area contributed by atoms with Gasteiger partial charge in [0.1, 0.15) is 5.84 Å². The van der Waals surface area contributed by atoms with Crippen molar-refractivity contribution in [2.45, 2.75) is 19.4 Å². The molecule has 1 heterocycles. The van der Waals surface area contributed by atoms with E-state index in [1.165, 1.54) is 4.88 Å². The first kappa shape index (κ1) is 11.0. The zero-order valence-corrected chi connectivity index (χ0v) is 8.92. The van der Waals surface area contributed by atoms with Crippen molar-refractivity contribution >= 4 is 17.2 Å². The second-order valence-electron chi connectivity index (χ2n) is 3.03. The Morgan fingerprint density at radius 3 is 3.14 bits per heavy atom. The summed E-state index contributed by atoms with van der Waals surface area (Å²) in [4.78, 5) is 1.30. The third-order valence-electron chi connectivity index (χ3n) is 1.93. The van der Waals surface area contributed by atoms with E-state index in [0.29, 0.717) is 12.5 Å². The lowest BCUT2D eigenvalue weighted by Crippen LogP contribution is -2.24. The standard InChI is InChI=1S/C9H15N3OS/c1-7(8-3-2-6-14-8)11-5-4-9(10)12-13/h2-3,6-7,11,13H,4-5H2,1H3,(H2,10,12)/t7-/m0/s1. The molecule has 1 aromatic rings. The van der Waals surface area contributed by atoms with Crippen LogP contribution >= 0.6 is 11.3 Å². The van der Waals surface area contributed by atoms with E-state index in [2.05, 4.69) is 28.8 Å². The van der Waals surface area contributed by atoms with Gasteiger partial charge in [-0.05, 0) is 18.4 Å². The van der Waals surface area contributed by atoms with Crippen molar-refractivity contribution in [3.8, 4) is 0 Å². The summed E-state index contributed by atoms with van der Waals surface area (Å²) in [5.41, 5.74) is 5.34. The Kier molecular flexibility index (Phi) is 4.42. The van der Waals surface area contributed by atoms with Gasteiger partial charge >= 0.3 is 0 Å². The number of hydrogen-bond donors (Lipinski definition) is 3. The molecule has 0 unspecified atom stereocenters. The van der Waals surface area contributed by atoms with E-state index in [1.807, 2.05) is 6.07 Å². The lowest BCUT2D eigenvalue weighted by molar-refractivity contribution is 0.316. The Morgan fingerprint density at radius 1 is 1.79 bits per heavy atom. The van der Waals surface area contributed by atoms with Gasteiger partial charge < -0.3 is 16.3 Å². The van der Waals surface area contributed by atoms with Crippen molar-refractivity contribution in [1.29, 1.82) is 0 Å². The number of thiophene rings is 1. The molecular formula is C9H15N3OS. The van der Waals surface area contributed by atoms with Gasteiger partial charge in [-0.3, -0.25) is 0 Å². The molecule has 0 aliphatic rings. The summed E-state index contributed by atoms with van der Waals surface area (Å²) >= 11 is 1.72. The van der Waals surface area contributed by atoms with Crippen LogP contribution in [0.1, 0.15) is 24.3 Å². The minimum atomic E-state index is 0.260. The van der Waals surface area contributed by atoms with Crippen LogP contribution in [0.4, 0.5) is 0 Å². The molecule has 0 saturated carbocycles. The van der Waals surface area contributed by atoms with Crippen LogP contribution in [0.5, 0.6) is 0 Å². The van der Waals surface area contributed by atoms with Crippen LogP contribution in [-0.2, 0) is 0 Å². The molecule has 0 aliphatic heterocycles. The van der Waals surface area contributed by atoms with Gasteiger partial charge in [0.2, 0.25) is 0 Å². The number of rotatable bonds is 5. The normalized spacial score (nSPS) is 14.2. The fourth-order valence-corrected chi connectivity index (χ4v) is 1.86. The van der Waals surface area contributed by atoms with Crippen molar-refractivity contribution in [3.63, 3.8) is 0 Å². The molecule has 0 saturated heterocycles. The molecule has 4 N–H and O–H groups in total. The highest BCUT2D eigenvalue weighted by Gasteiger charge is 2.04. The number of nitrogens with two attached hydrogens (primary N) is 1. The molecule has 0 radical (unpaired) electrons. The molecule has 78 valence electrons. The van der Waals surface area contributed by atoms with E-state index in [-0.39, 0.29) is 5.84 Å². The highest BCUT2D eigenvalue weighted by molar-refractivity contribution is 7.10. The van der Waals surface area contributed by atoms with Gasteiger partial charge in [0.25, 0.3) is 0 Å². The molecule has 1 rings (SSSR count). The summed E-state index contributed by atoms with van der Waals surface area (Å²) in [6.07, 6.45) is 0.562. The summed E-state index contributed by atoms with van der Waals surface area (Å²) in [6, 6.07) is 4.44. The minimum absolute atomic E-state index is 0.260. The van der Waals surface area contributed by atoms with Gasteiger partial charge in [-0.15, -0.1) is 11.3 Å². The molecule has 0 bridgehead atoms. The Hall–Kier alpha value is -1.07. The maximum Gasteiger partial charge on any atom is 0.140 e. The van der Waals surface area contributed by atoms with Crippen molar-refractivity contribution in [3.05, 3.63) is 22.4 Å². The molecule has 1 aromatic heterocycles. The summed E-state index contributed by atoms with van der Waals surface area (Å²) < 4.78 is 0. The third kappa shape index (κ3) is 3.35. The zero-order chi connectivity index (χ0) is 10.4. The highest BCUT2D eigenvalue weighted by Crippen LogP contribution is 2.17. The Balaban J connectivity index is 2.26. The smallest absolute Gasteiger partial charge is 0.140 e. The van der Waals surface area contributed by atoms with Crippen LogP contribution in [0.2, 0.25) is 0 Å². The number of oxime groups is 1. The maximum absolute atomic E-state index is 8.32. The van der Waals surface area contributed by atoms with E-state index in [1.54, 1.807) is 11.3 Å². The van der Waals surface area contributed by atoms with Gasteiger partial charge in [-0.1, -0.05) is 11.2 Å². The van der Waals surface area contributed by atoms with E-state index >= 15 is 0 Å². The van der Waals surface area contributed by atoms with E-state index in [0.717, 1.165) is 6.54 Å². The predicted molar refractivity (Wildman–Crippen MR) is 58.8 cm³/mol. The first-order valence-corrected chi connectivity index (χ1v) is 5.35. The fourth-order valence-electron chi connectivity index (χ4n) is 1.10. The topological polar surface area (TPSA) is 70.6 Å². The lowest BCUT2D eigenvalue weighted by Gasteiger charge is -2.10. The number of amidine groups is 1. The average molecular weight is 213 g/mol. The van der Waals surface area contributed by atoms with Gasteiger partial charge in [-0.2, -0.15) is 0 Å². The Labute approximate surface area is 87.4 Å². The second-order valence-corrected chi connectivity index (χ2v) is 4.01. The number of hydrogen-bond acceptors (Lipinski definition) is 4. The molecule has 4 nitrogen and oxygen atoms in total. The molecule has 0 aromatic carbocycles. The molecule has 5 heteroatoms. The largest absolute Gasteiger partial charge is 0.409 e. The SMILES string of the molecule is C[C@H](NCC/C(N)=N/O)c1cccs1. The monoisotopic (exact) mass is 213 g/mol. The van der Waals surface area contributed by atoms with E-state index in [4.69, 9.17) is 10.9 Å². The van der Waals surface area contributed by atoms with Crippen LogP contribution < -0.4 is 11.1 Å². The van der Waals surface area contributed by atoms with Gasteiger partial charge in [0.15, 0.2) is 0 Å². The number of nitrogens with zero attached hydrogens (tertiary/aromatic N) is 1. The van der Waals surface area contributed by atoms with Crippen molar-refractivity contribution in [2.24, 2.45) is 10.9 Å². The average Bonchev–Trinajstić information content (AvgIpc) is 2.70. The van der Waals surface area contributed by atoms with Crippen molar-refractivity contribution < 1.29 is 5.21 Å². The molecule has 0 spiro atoms. The fraction of sp³-hybridized carbons (Fsp3) is 0.444. The van der Waals surface area contributed by atoms with E-state index < -0.39 is 0 Å². The van der Waals surface area contributed by atoms with Crippen LogP contribution in [0.3, 0.4) is 0 Å². The minimum Gasteiger partial charge on any atom is -0.409 e. The second kappa shape index (κ2) is 5.62. The maximum atomic E-state index is 8.32.